The van der Waals surface area contributed by atoms with Crippen LogP contribution >= 0.6 is 0 Å². The zero-order chi connectivity index (χ0) is 21.5. The van der Waals surface area contributed by atoms with Gasteiger partial charge >= 0.3 is 0 Å². The predicted octanol–water partition coefficient (Wildman–Crippen LogP) is 4.39. The van der Waals surface area contributed by atoms with E-state index in [0.29, 0.717) is 31.9 Å². The Morgan fingerprint density at radius 2 is 1.90 bits per heavy atom. The van der Waals surface area contributed by atoms with Crippen LogP contribution in [0.1, 0.15) is 19.0 Å². The summed E-state index contributed by atoms with van der Waals surface area (Å²) in [5.41, 5.74) is 4.84. The van der Waals surface area contributed by atoms with Gasteiger partial charge in [0.15, 0.2) is 0 Å². The van der Waals surface area contributed by atoms with Crippen molar-refractivity contribution >= 4 is 11.2 Å². The summed E-state index contributed by atoms with van der Waals surface area (Å²) in [7, 11) is 4.96. The molecule has 0 aliphatic carbocycles. The summed E-state index contributed by atoms with van der Waals surface area (Å²) in [5.74, 6) is 1.45. The largest absolute Gasteiger partial charge is 0.497 e. The van der Waals surface area contributed by atoms with Crippen molar-refractivity contribution in [2.75, 3.05) is 52.6 Å². The average Bonchev–Trinajstić information content (AvgIpc) is 3.17. The lowest BCUT2D eigenvalue weighted by Gasteiger charge is -2.24. The third kappa shape index (κ3) is 4.36. The summed E-state index contributed by atoms with van der Waals surface area (Å²) in [5, 5.41) is 4.92. The summed E-state index contributed by atoms with van der Waals surface area (Å²) >= 11 is 0. The van der Waals surface area contributed by atoms with E-state index in [1.165, 1.54) is 0 Å². The molecule has 0 aliphatic heterocycles. The molecule has 0 atom stereocenters. The molecular weight excluding hydrogens is 385 g/mol. The van der Waals surface area contributed by atoms with Gasteiger partial charge in [0.2, 0.25) is 0 Å². The maximum atomic E-state index is 12.9. The minimum Gasteiger partial charge on any atom is -0.497 e. The molecule has 30 heavy (non-hydrogen) atoms. The van der Waals surface area contributed by atoms with Crippen molar-refractivity contribution in [1.82, 2.24) is 9.61 Å². The molecule has 0 saturated heterocycles. The maximum Gasteiger partial charge on any atom is 0.131 e. The third-order valence-electron chi connectivity index (χ3n) is 5.16. The molecule has 0 amide bonds. The number of hydrogen-bond acceptors (Lipinski definition) is 5. The number of fused-ring (bicyclic) bond motifs is 1. The van der Waals surface area contributed by atoms with Gasteiger partial charge in [-0.3, -0.25) is 4.39 Å². The van der Waals surface area contributed by atoms with Crippen molar-refractivity contribution in [3.8, 4) is 22.8 Å². The van der Waals surface area contributed by atoms with Crippen LogP contribution in [0.5, 0.6) is 11.5 Å². The highest BCUT2D eigenvalue weighted by Crippen LogP contribution is 2.36. The number of aryl methyl sites for hydroxylation is 1. The highest BCUT2D eigenvalue weighted by atomic mass is 19.1. The van der Waals surface area contributed by atoms with Crippen LogP contribution in [-0.4, -0.2) is 57.3 Å². The molecule has 7 heteroatoms. The van der Waals surface area contributed by atoms with Gasteiger partial charge in [0.25, 0.3) is 0 Å². The van der Waals surface area contributed by atoms with Gasteiger partial charge < -0.3 is 19.1 Å². The molecule has 3 rings (SSSR count). The molecule has 162 valence electrons. The first-order chi connectivity index (χ1) is 14.7. The van der Waals surface area contributed by atoms with Gasteiger partial charge in [-0.25, -0.2) is 4.52 Å². The number of pyridine rings is 1. The number of ether oxygens (including phenoxy) is 3. The van der Waals surface area contributed by atoms with Crippen molar-refractivity contribution in [3.63, 3.8) is 0 Å². The number of methoxy groups -OCH3 is 3. The van der Waals surface area contributed by atoms with E-state index in [4.69, 9.17) is 19.3 Å². The zero-order valence-corrected chi connectivity index (χ0v) is 18.2. The first kappa shape index (κ1) is 21.9. The van der Waals surface area contributed by atoms with E-state index in [9.17, 15) is 4.39 Å². The molecule has 0 fully saturated rings. The standard InChI is InChI=1S/C23H30FN3O3/c1-5-19-23(26(13-7-12-24)14-15-28-2)21-9-6-8-20(27(21)25-19)18-11-10-17(29-3)16-22(18)30-4/h6,8-11,16H,5,7,12-15H2,1-4H3. The Hall–Kier alpha value is -2.80. The van der Waals surface area contributed by atoms with Gasteiger partial charge in [-0.15, -0.1) is 0 Å². The van der Waals surface area contributed by atoms with E-state index in [2.05, 4.69) is 17.9 Å². The molecule has 0 saturated carbocycles. The van der Waals surface area contributed by atoms with Gasteiger partial charge in [-0.2, -0.15) is 5.10 Å². The molecular formula is C23H30FN3O3. The summed E-state index contributed by atoms with van der Waals surface area (Å²) in [6.07, 6.45) is 1.24. The SMILES string of the molecule is CCc1nn2c(-c3ccc(OC)cc3OC)cccc2c1N(CCCF)CCOC. The van der Waals surface area contributed by atoms with E-state index in [1.54, 1.807) is 21.3 Å². The lowest BCUT2D eigenvalue weighted by atomic mass is 10.1. The minimum atomic E-state index is -0.349. The second-order valence-electron chi connectivity index (χ2n) is 6.95. The van der Waals surface area contributed by atoms with Crippen LogP contribution in [0.2, 0.25) is 0 Å². The third-order valence-corrected chi connectivity index (χ3v) is 5.16. The number of benzene rings is 1. The van der Waals surface area contributed by atoms with Crippen LogP contribution < -0.4 is 14.4 Å². The van der Waals surface area contributed by atoms with Gasteiger partial charge in [-0.05, 0) is 37.1 Å². The molecule has 0 radical (unpaired) electrons. The first-order valence-electron chi connectivity index (χ1n) is 10.2. The van der Waals surface area contributed by atoms with Crippen molar-refractivity contribution in [3.05, 3.63) is 42.1 Å². The highest BCUT2D eigenvalue weighted by molar-refractivity contribution is 5.80. The molecule has 1 aromatic carbocycles. The number of alkyl halides is 1. The van der Waals surface area contributed by atoms with Gasteiger partial charge in [0, 0.05) is 31.8 Å². The molecule has 0 spiro atoms. The maximum absolute atomic E-state index is 12.9. The quantitative estimate of drug-likeness (QED) is 0.465. The smallest absolute Gasteiger partial charge is 0.131 e. The van der Waals surface area contributed by atoms with Crippen LogP contribution in [0.15, 0.2) is 36.4 Å². The fourth-order valence-electron chi connectivity index (χ4n) is 3.69. The second kappa shape index (κ2) is 10.3. The molecule has 0 aliphatic rings. The first-order valence-corrected chi connectivity index (χ1v) is 10.2. The minimum absolute atomic E-state index is 0.349. The average molecular weight is 416 g/mol. The Morgan fingerprint density at radius 1 is 1.07 bits per heavy atom. The topological polar surface area (TPSA) is 48.2 Å². The Morgan fingerprint density at radius 3 is 2.57 bits per heavy atom. The summed E-state index contributed by atoms with van der Waals surface area (Å²) in [6.45, 7) is 3.60. The summed E-state index contributed by atoms with van der Waals surface area (Å²) < 4.78 is 31.1. The Labute approximate surface area is 177 Å². The fourth-order valence-corrected chi connectivity index (χ4v) is 3.69. The normalized spacial score (nSPS) is 11.1. The lowest BCUT2D eigenvalue weighted by molar-refractivity contribution is 0.205. The van der Waals surface area contributed by atoms with Gasteiger partial charge in [0.1, 0.15) is 11.5 Å². The molecule has 2 heterocycles. The van der Waals surface area contributed by atoms with Crippen LogP contribution in [-0.2, 0) is 11.2 Å². The zero-order valence-electron chi connectivity index (χ0n) is 18.2. The molecule has 0 N–H and O–H groups in total. The molecule has 2 aromatic heterocycles. The number of anilines is 1. The molecule has 0 bridgehead atoms. The Balaban J connectivity index is 2.16. The highest BCUT2D eigenvalue weighted by Gasteiger charge is 2.21. The van der Waals surface area contributed by atoms with E-state index in [1.807, 2.05) is 34.8 Å². The van der Waals surface area contributed by atoms with Gasteiger partial charge in [-0.1, -0.05) is 13.0 Å². The van der Waals surface area contributed by atoms with Crippen molar-refractivity contribution in [2.45, 2.75) is 19.8 Å². The van der Waals surface area contributed by atoms with Crippen LogP contribution in [0, 0.1) is 0 Å². The number of aromatic nitrogens is 2. The van der Waals surface area contributed by atoms with Gasteiger partial charge in [0.05, 0.1) is 50.1 Å². The van der Waals surface area contributed by atoms with Crippen molar-refractivity contribution in [1.29, 1.82) is 0 Å². The van der Waals surface area contributed by atoms with E-state index in [0.717, 1.165) is 40.3 Å². The monoisotopic (exact) mass is 415 g/mol. The van der Waals surface area contributed by atoms with Crippen LogP contribution in [0.25, 0.3) is 16.8 Å². The van der Waals surface area contributed by atoms with Crippen molar-refractivity contribution < 1.29 is 18.6 Å². The van der Waals surface area contributed by atoms with Crippen molar-refractivity contribution in [2.24, 2.45) is 0 Å². The number of halogens is 1. The molecule has 3 aromatic rings. The lowest BCUT2D eigenvalue weighted by Crippen LogP contribution is -2.29. The molecule has 0 unspecified atom stereocenters. The second-order valence-corrected chi connectivity index (χ2v) is 6.95. The fraction of sp³-hybridized carbons (Fsp3) is 0.435. The van der Waals surface area contributed by atoms with E-state index < -0.39 is 0 Å². The Bertz CT molecular complexity index is 966. The number of nitrogens with zero attached hydrogens (tertiary/aromatic N) is 3. The number of rotatable bonds is 11. The van der Waals surface area contributed by atoms with Crippen LogP contribution in [0.4, 0.5) is 10.1 Å². The summed E-state index contributed by atoms with van der Waals surface area (Å²) in [6, 6.07) is 11.8. The Kier molecular flexibility index (Phi) is 7.52. The molecule has 6 nitrogen and oxygen atoms in total. The van der Waals surface area contributed by atoms with E-state index in [-0.39, 0.29) is 6.67 Å². The summed E-state index contributed by atoms with van der Waals surface area (Å²) in [4.78, 5) is 2.18. The number of hydrogen-bond donors (Lipinski definition) is 0. The van der Waals surface area contributed by atoms with Crippen LogP contribution in [0.3, 0.4) is 0 Å². The predicted molar refractivity (Wildman–Crippen MR) is 118 cm³/mol. The van der Waals surface area contributed by atoms with E-state index >= 15 is 0 Å².